The lowest BCUT2D eigenvalue weighted by Gasteiger charge is -2.29. The zero-order valence-electron chi connectivity index (χ0n) is 11.6. The van der Waals surface area contributed by atoms with Crippen LogP contribution in [0.1, 0.15) is 44.7 Å². The van der Waals surface area contributed by atoms with Gasteiger partial charge in [0.1, 0.15) is 0 Å². The Morgan fingerprint density at radius 2 is 1.83 bits per heavy atom. The Balaban J connectivity index is 2.00. The van der Waals surface area contributed by atoms with Crippen LogP contribution in [-0.4, -0.2) is 17.5 Å². The summed E-state index contributed by atoms with van der Waals surface area (Å²) in [6.45, 7) is 4.63. The van der Waals surface area contributed by atoms with Crippen molar-refractivity contribution in [3.63, 3.8) is 0 Å². The summed E-state index contributed by atoms with van der Waals surface area (Å²) in [6, 6.07) is 12.2. The fourth-order valence-electron chi connectivity index (χ4n) is 2.61. The van der Waals surface area contributed by atoms with Crippen LogP contribution in [0, 0.1) is 5.92 Å². The van der Waals surface area contributed by atoms with Gasteiger partial charge in [0.05, 0.1) is 0 Å². The summed E-state index contributed by atoms with van der Waals surface area (Å²) in [6.07, 6.45) is 3.88. The lowest BCUT2D eigenvalue weighted by atomic mass is 9.95. The van der Waals surface area contributed by atoms with Crippen molar-refractivity contribution in [3.8, 4) is 0 Å². The molecule has 1 unspecified atom stereocenters. The van der Waals surface area contributed by atoms with E-state index in [1.54, 1.807) is 0 Å². The number of rotatable bonds is 5. The average molecular weight is 263 g/mol. The standard InChI is InChI=1S/C16H25NS/c1-13(2)12-16(14-6-4-3-5-7-14)17-15-8-10-18-11-9-15/h3-7,13,15-17H,8-12H2,1-2H3. The fourth-order valence-corrected chi connectivity index (χ4v) is 3.71. The van der Waals surface area contributed by atoms with Crippen LogP contribution in [-0.2, 0) is 0 Å². The highest BCUT2D eigenvalue weighted by Gasteiger charge is 2.19. The topological polar surface area (TPSA) is 12.0 Å². The van der Waals surface area contributed by atoms with Crippen molar-refractivity contribution in [2.45, 2.75) is 45.2 Å². The van der Waals surface area contributed by atoms with E-state index in [1.165, 1.54) is 36.3 Å². The second kappa shape index (κ2) is 7.20. The Kier molecular flexibility index (Phi) is 5.58. The smallest absolute Gasteiger partial charge is 0.0325 e. The molecule has 1 nitrogen and oxygen atoms in total. The minimum Gasteiger partial charge on any atom is -0.307 e. The normalized spacial score (nSPS) is 19.1. The third-order valence-corrected chi connectivity index (χ3v) is 4.62. The van der Waals surface area contributed by atoms with Crippen molar-refractivity contribution in [2.24, 2.45) is 5.92 Å². The molecule has 0 radical (unpaired) electrons. The van der Waals surface area contributed by atoms with E-state index in [-0.39, 0.29) is 0 Å². The molecule has 0 aromatic heterocycles. The molecule has 1 fully saturated rings. The molecule has 1 aliphatic heterocycles. The molecule has 1 aromatic rings. The molecule has 1 atom stereocenters. The van der Waals surface area contributed by atoms with Crippen molar-refractivity contribution in [1.82, 2.24) is 5.32 Å². The number of benzene rings is 1. The Hall–Kier alpha value is -0.470. The van der Waals surface area contributed by atoms with Crippen molar-refractivity contribution in [3.05, 3.63) is 35.9 Å². The van der Waals surface area contributed by atoms with E-state index in [1.807, 2.05) is 0 Å². The minimum atomic E-state index is 0.527. The van der Waals surface area contributed by atoms with Crippen molar-refractivity contribution < 1.29 is 0 Å². The maximum atomic E-state index is 3.89. The van der Waals surface area contributed by atoms with Gasteiger partial charge in [0.15, 0.2) is 0 Å². The molecule has 0 spiro atoms. The zero-order chi connectivity index (χ0) is 12.8. The monoisotopic (exact) mass is 263 g/mol. The van der Waals surface area contributed by atoms with Crippen molar-refractivity contribution >= 4 is 11.8 Å². The summed E-state index contributed by atoms with van der Waals surface area (Å²) in [4.78, 5) is 0. The Morgan fingerprint density at radius 1 is 1.17 bits per heavy atom. The van der Waals surface area contributed by atoms with Gasteiger partial charge in [0.2, 0.25) is 0 Å². The SMILES string of the molecule is CC(C)CC(NC1CCSCC1)c1ccccc1. The third kappa shape index (κ3) is 4.33. The van der Waals surface area contributed by atoms with Crippen LogP contribution in [0.15, 0.2) is 30.3 Å². The Morgan fingerprint density at radius 3 is 2.44 bits per heavy atom. The number of thioether (sulfide) groups is 1. The fraction of sp³-hybridized carbons (Fsp3) is 0.625. The molecule has 2 heteroatoms. The molecule has 1 heterocycles. The first-order chi connectivity index (χ1) is 8.75. The van der Waals surface area contributed by atoms with E-state index < -0.39 is 0 Å². The van der Waals surface area contributed by atoms with E-state index in [9.17, 15) is 0 Å². The second-order valence-corrected chi connectivity index (χ2v) is 6.87. The molecule has 18 heavy (non-hydrogen) atoms. The molecule has 1 N–H and O–H groups in total. The molecule has 2 rings (SSSR count). The largest absolute Gasteiger partial charge is 0.307 e. The second-order valence-electron chi connectivity index (χ2n) is 5.65. The number of hydrogen-bond donors (Lipinski definition) is 1. The highest BCUT2D eigenvalue weighted by atomic mass is 32.2. The minimum absolute atomic E-state index is 0.527. The van der Waals surface area contributed by atoms with Gasteiger partial charge in [0.25, 0.3) is 0 Å². The maximum absolute atomic E-state index is 3.89. The summed E-state index contributed by atoms with van der Waals surface area (Å²) >= 11 is 2.10. The van der Waals surface area contributed by atoms with Crippen LogP contribution < -0.4 is 5.32 Å². The van der Waals surface area contributed by atoms with Gasteiger partial charge in [0, 0.05) is 12.1 Å². The predicted molar refractivity (Wildman–Crippen MR) is 82.1 cm³/mol. The van der Waals surface area contributed by atoms with Crippen molar-refractivity contribution in [2.75, 3.05) is 11.5 Å². The Bertz CT molecular complexity index is 330. The molecule has 1 aliphatic rings. The molecule has 1 saturated heterocycles. The number of nitrogens with one attached hydrogen (secondary N) is 1. The van der Waals surface area contributed by atoms with Gasteiger partial charge in [-0.15, -0.1) is 0 Å². The molecule has 0 aliphatic carbocycles. The van der Waals surface area contributed by atoms with Gasteiger partial charge in [-0.05, 0) is 42.2 Å². The molecule has 100 valence electrons. The third-order valence-electron chi connectivity index (χ3n) is 3.57. The lowest BCUT2D eigenvalue weighted by Crippen LogP contribution is -2.36. The van der Waals surface area contributed by atoms with Gasteiger partial charge in [-0.25, -0.2) is 0 Å². The van der Waals surface area contributed by atoms with Crippen LogP contribution >= 0.6 is 11.8 Å². The first-order valence-corrected chi connectivity index (χ1v) is 8.30. The quantitative estimate of drug-likeness (QED) is 0.852. The molecule has 0 saturated carbocycles. The summed E-state index contributed by atoms with van der Waals surface area (Å²) < 4.78 is 0. The first-order valence-electron chi connectivity index (χ1n) is 7.14. The van der Waals surface area contributed by atoms with E-state index >= 15 is 0 Å². The molecule has 0 bridgehead atoms. The highest BCUT2D eigenvalue weighted by Crippen LogP contribution is 2.25. The van der Waals surface area contributed by atoms with E-state index in [0.29, 0.717) is 6.04 Å². The summed E-state index contributed by atoms with van der Waals surface area (Å²) in [5, 5.41) is 3.89. The Labute approximate surface area is 116 Å². The molecular formula is C16H25NS. The molecular weight excluding hydrogens is 238 g/mol. The summed E-state index contributed by atoms with van der Waals surface area (Å²) in [7, 11) is 0. The van der Waals surface area contributed by atoms with E-state index in [2.05, 4.69) is 61.3 Å². The molecule has 0 amide bonds. The summed E-state index contributed by atoms with van der Waals surface area (Å²) in [5.41, 5.74) is 1.45. The van der Waals surface area contributed by atoms with E-state index in [4.69, 9.17) is 0 Å². The van der Waals surface area contributed by atoms with Gasteiger partial charge in [-0.1, -0.05) is 44.2 Å². The van der Waals surface area contributed by atoms with Crippen LogP contribution in [0.5, 0.6) is 0 Å². The highest BCUT2D eigenvalue weighted by molar-refractivity contribution is 7.99. The van der Waals surface area contributed by atoms with Gasteiger partial charge in [-0.2, -0.15) is 11.8 Å². The van der Waals surface area contributed by atoms with Crippen LogP contribution in [0.2, 0.25) is 0 Å². The first kappa shape index (κ1) is 14.0. The van der Waals surface area contributed by atoms with Gasteiger partial charge in [-0.3, -0.25) is 0 Å². The zero-order valence-corrected chi connectivity index (χ0v) is 12.4. The average Bonchev–Trinajstić information content (AvgIpc) is 2.40. The maximum Gasteiger partial charge on any atom is 0.0325 e. The van der Waals surface area contributed by atoms with Crippen molar-refractivity contribution in [1.29, 1.82) is 0 Å². The summed E-state index contributed by atoms with van der Waals surface area (Å²) in [5.74, 6) is 3.38. The lowest BCUT2D eigenvalue weighted by molar-refractivity contribution is 0.364. The van der Waals surface area contributed by atoms with Crippen LogP contribution in [0.25, 0.3) is 0 Å². The van der Waals surface area contributed by atoms with Crippen LogP contribution in [0.3, 0.4) is 0 Å². The molecule has 1 aromatic carbocycles. The van der Waals surface area contributed by atoms with Gasteiger partial charge < -0.3 is 5.32 Å². The number of hydrogen-bond acceptors (Lipinski definition) is 2. The van der Waals surface area contributed by atoms with E-state index in [0.717, 1.165) is 12.0 Å². The van der Waals surface area contributed by atoms with Crippen LogP contribution in [0.4, 0.5) is 0 Å². The predicted octanol–water partition coefficient (Wildman–Crippen LogP) is 4.26. The van der Waals surface area contributed by atoms with Gasteiger partial charge >= 0.3 is 0 Å².